The Morgan fingerprint density at radius 3 is 2.35 bits per heavy atom. The summed E-state index contributed by atoms with van der Waals surface area (Å²) in [6, 6.07) is 15.3. The predicted molar refractivity (Wildman–Crippen MR) is 83.8 cm³/mol. The van der Waals surface area contributed by atoms with Gasteiger partial charge in [0.15, 0.2) is 0 Å². The van der Waals surface area contributed by atoms with Gasteiger partial charge in [-0.1, -0.05) is 44.2 Å². The van der Waals surface area contributed by atoms with Crippen LogP contribution in [0.5, 0.6) is 0 Å². The first-order valence-electron chi connectivity index (χ1n) is 7.34. The van der Waals surface area contributed by atoms with E-state index in [-0.39, 0.29) is 11.5 Å². The molecule has 0 fully saturated rings. The minimum Gasteiger partial charge on any atom is -0.468 e. The van der Waals surface area contributed by atoms with Crippen LogP contribution in [0.25, 0.3) is 0 Å². The van der Waals surface area contributed by atoms with Crippen LogP contribution >= 0.6 is 0 Å². The van der Waals surface area contributed by atoms with E-state index >= 15 is 0 Å². The average molecular weight is 271 g/mol. The molecule has 1 aromatic carbocycles. The van der Waals surface area contributed by atoms with E-state index in [9.17, 15) is 0 Å². The minimum absolute atomic E-state index is 0.163. The van der Waals surface area contributed by atoms with Crippen molar-refractivity contribution in [3.63, 3.8) is 0 Å². The molecule has 0 radical (unpaired) electrons. The first kappa shape index (κ1) is 14.9. The Balaban J connectivity index is 1.95. The predicted octanol–water partition coefficient (Wildman–Crippen LogP) is 4.69. The van der Waals surface area contributed by atoms with Gasteiger partial charge in [0.2, 0.25) is 0 Å². The fourth-order valence-corrected chi connectivity index (χ4v) is 2.88. The standard InChI is InChI=1S/C18H25NO/c1-14(19-15(2)17-11-8-12-20-17)13-18(3,4)16-9-6-5-7-10-16/h5-12,14-15,19H,13H2,1-4H3. The second-order valence-electron chi connectivity index (χ2n) is 6.26. The number of furan rings is 1. The molecule has 1 aromatic heterocycles. The van der Waals surface area contributed by atoms with Crippen molar-refractivity contribution in [1.82, 2.24) is 5.32 Å². The fraction of sp³-hybridized carbons (Fsp3) is 0.444. The lowest BCUT2D eigenvalue weighted by molar-refractivity contribution is 0.341. The maximum Gasteiger partial charge on any atom is 0.120 e. The van der Waals surface area contributed by atoms with Crippen LogP contribution in [0.15, 0.2) is 53.1 Å². The number of nitrogens with one attached hydrogen (secondary N) is 1. The summed E-state index contributed by atoms with van der Waals surface area (Å²) in [6.45, 7) is 8.99. The number of hydrogen-bond donors (Lipinski definition) is 1. The van der Waals surface area contributed by atoms with E-state index in [1.165, 1.54) is 5.56 Å². The minimum atomic E-state index is 0.163. The second kappa shape index (κ2) is 6.27. The van der Waals surface area contributed by atoms with E-state index in [0.717, 1.165) is 12.2 Å². The quantitative estimate of drug-likeness (QED) is 0.824. The first-order valence-corrected chi connectivity index (χ1v) is 7.34. The summed E-state index contributed by atoms with van der Waals surface area (Å²) in [7, 11) is 0. The average Bonchev–Trinajstić information content (AvgIpc) is 2.93. The van der Waals surface area contributed by atoms with Gasteiger partial charge in [0, 0.05) is 6.04 Å². The largest absolute Gasteiger partial charge is 0.468 e. The molecule has 0 aliphatic heterocycles. The van der Waals surface area contributed by atoms with Gasteiger partial charge in [-0.15, -0.1) is 0 Å². The smallest absolute Gasteiger partial charge is 0.120 e. The first-order chi connectivity index (χ1) is 9.49. The fourth-order valence-electron chi connectivity index (χ4n) is 2.88. The molecule has 0 saturated heterocycles. The third-order valence-corrected chi connectivity index (χ3v) is 3.88. The van der Waals surface area contributed by atoms with Crippen molar-refractivity contribution in [3.05, 3.63) is 60.1 Å². The summed E-state index contributed by atoms with van der Waals surface area (Å²) >= 11 is 0. The van der Waals surface area contributed by atoms with Gasteiger partial charge < -0.3 is 9.73 Å². The van der Waals surface area contributed by atoms with Gasteiger partial charge >= 0.3 is 0 Å². The normalized spacial score (nSPS) is 15.0. The van der Waals surface area contributed by atoms with Crippen LogP contribution in [0, 0.1) is 0 Å². The van der Waals surface area contributed by atoms with Crippen LogP contribution < -0.4 is 5.32 Å². The van der Waals surface area contributed by atoms with Crippen molar-refractivity contribution < 1.29 is 4.42 Å². The molecule has 2 atom stereocenters. The number of rotatable bonds is 6. The van der Waals surface area contributed by atoms with Gasteiger partial charge in [-0.2, -0.15) is 0 Å². The summed E-state index contributed by atoms with van der Waals surface area (Å²) in [5.74, 6) is 0.995. The molecule has 0 bridgehead atoms. The molecule has 108 valence electrons. The molecule has 2 aromatic rings. The van der Waals surface area contributed by atoms with Crippen LogP contribution in [-0.4, -0.2) is 6.04 Å². The highest BCUT2D eigenvalue weighted by Gasteiger charge is 2.24. The Labute approximate surface area is 122 Å². The van der Waals surface area contributed by atoms with E-state index in [0.29, 0.717) is 6.04 Å². The van der Waals surface area contributed by atoms with Crippen LogP contribution in [0.1, 0.15) is 51.5 Å². The summed E-state index contributed by atoms with van der Waals surface area (Å²) < 4.78 is 5.45. The molecule has 2 heteroatoms. The number of hydrogen-bond acceptors (Lipinski definition) is 2. The van der Waals surface area contributed by atoms with Crippen molar-refractivity contribution in [2.75, 3.05) is 0 Å². The highest BCUT2D eigenvalue weighted by molar-refractivity contribution is 5.23. The molecule has 20 heavy (non-hydrogen) atoms. The summed E-state index contributed by atoms with van der Waals surface area (Å²) in [6.07, 6.45) is 2.81. The molecule has 0 amide bonds. The van der Waals surface area contributed by atoms with Crippen LogP contribution in [0.3, 0.4) is 0 Å². The van der Waals surface area contributed by atoms with Gasteiger partial charge in [0.1, 0.15) is 5.76 Å². The van der Waals surface area contributed by atoms with Gasteiger partial charge in [0.25, 0.3) is 0 Å². The molecule has 0 aliphatic carbocycles. The van der Waals surface area contributed by atoms with Crippen molar-refractivity contribution in [1.29, 1.82) is 0 Å². The molecular formula is C18H25NO. The third kappa shape index (κ3) is 3.73. The summed E-state index contributed by atoms with van der Waals surface area (Å²) in [5, 5.41) is 3.61. The number of benzene rings is 1. The maximum absolute atomic E-state index is 5.45. The van der Waals surface area contributed by atoms with E-state index in [1.807, 2.05) is 12.1 Å². The van der Waals surface area contributed by atoms with Gasteiger partial charge in [-0.25, -0.2) is 0 Å². The molecule has 2 rings (SSSR count). The Morgan fingerprint density at radius 1 is 1.05 bits per heavy atom. The lowest BCUT2D eigenvalue weighted by atomic mass is 9.79. The van der Waals surface area contributed by atoms with Crippen LogP contribution in [0.2, 0.25) is 0 Å². The van der Waals surface area contributed by atoms with Crippen molar-refractivity contribution >= 4 is 0 Å². The van der Waals surface area contributed by atoms with E-state index in [1.54, 1.807) is 6.26 Å². The molecule has 1 N–H and O–H groups in total. The van der Waals surface area contributed by atoms with Crippen molar-refractivity contribution in [3.8, 4) is 0 Å². The third-order valence-electron chi connectivity index (χ3n) is 3.88. The zero-order valence-electron chi connectivity index (χ0n) is 12.9. The lowest BCUT2D eigenvalue weighted by Crippen LogP contribution is -2.34. The molecule has 2 nitrogen and oxygen atoms in total. The summed E-state index contributed by atoms with van der Waals surface area (Å²) in [5.41, 5.74) is 1.55. The molecule has 0 spiro atoms. The molecule has 2 unspecified atom stereocenters. The van der Waals surface area contributed by atoms with Gasteiger partial charge in [-0.3, -0.25) is 0 Å². The van der Waals surface area contributed by atoms with Gasteiger partial charge in [-0.05, 0) is 43.4 Å². The monoisotopic (exact) mass is 271 g/mol. The van der Waals surface area contributed by atoms with Gasteiger partial charge in [0.05, 0.1) is 12.3 Å². The van der Waals surface area contributed by atoms with Crippen LogP contribution in [-0.2, 0) is 5.41 Å². The second-order valence-corrected chi connectivity index (χ2v) is 6.26. The molecular weight excluding hydrogens is 246 g/mol. The molecule has 0 aliphatic rings. The molecule has 1 heterocycles. The zero-order chi connectivity index (χ0) is 14.6. The lowest BCUT2D eigenvalue weighted by Gasteiger charge is -2.30. The Bertz CT molecular complexity index is 501. The van der Waals surface area contributed by atoms with E-state index in [4.69, 9.17) is 4.42 Å². The maximum atomic E-state index is 5.45. The SMILES string of the molecule is CC(CC(C)(C)c1ccccc1)NC(C)c1ccco1. The van der Waals surface area contributed by atoms with Crippen LogP contribution in [0.4, 0.5) is 0 Å². The Morgan fingerprint density at radius 2 is 1.75 bits per heavy atom. The highest BCUT2D eigenvalue weighted by atomic mass is 16.3. The van der Waals surface area contributed by atoms with E-state index < -0.39 is 0 Å². The summed E-state index contributed by atoms with van der Waals surface area (Å²) in [4.78, 5) is 0. The Hall–Kier alpha value is -1.54. The highest BCUT2D eigenvalue weighted by Crippen LogP contribution is 2.28. The van der Waals surface area contributed by atoms with Crippen molar-refractivity contribution in [2.45, 2.75) is 51.6 Å². The molecule has 0 saturated carbocycles. The van der Waals surface area contributed by atoms with E-state index in [2.05, 4.69) is 63.3 Å². The Kier molecular flexibility index (Phi) is 4.66. The topological polar surface area (TPSA) is 25.2 Å². The zero-order valence-corrected chi connectivity index (χ0v) is 12.9. The van der Waals surface area contributed by atoms with Crippen molar-refractivity contribution in [2.24, 2.45) is 0 Å².